The van der Waals surface area contributed by atoms with E-state index in [9.17, 15) is 19.0 Å². The topological polar surface area (TPSA) is 108 Å². The Balaban J connectivity index is 4.32. The molecule has 1 N–H and O–H groups in total. The molecule has 2 atom stereocenters. The Hall–Kier alpha value is -2.55. The van der Waals surface area contributed by atoms with Crippen LogP contribution in [0.3, 0.4) is 0 Å². The van der Waals surface area contributed by atoms with Gasteiger partial charge in [-0.15, -0.1) is 0 Å². The number of ether oxygens (including phenoxy) is 2. The summed E-state index contributed by atoms with van der Waals surface area (Å²) in [5.41, 5.74) is 0. The van der Waals surface area contributed by atoms with Gasteiger partial charge in [0.25, 0.3) is 0 Å². The van der Waals surface area contributed by atoms with Crippen LogP contribution in [0.2, 0.25) is 0 Å². The third-order valence-corrected chi connectivity index (χ3v) is 9.94. The summed E-state index contributed by atoms with van der Waals surface area (Å²) in [6, 6.07) is 0. The number of unbranched alkanes of at least 4 members (excludes halogenated alkanes) is 13. The Morgan fingerprint density at radius 1 is 0.561 bits per heavy atom. The Bertz CT molecular complexity index is 1200. The number of carbonyl (C=O) groups excluding carboxylic acids is 2. The fraction of sp³-hybridized carbons (Fsp3) is 0.702. The maximum atomic E-state index is 12.7. The number of esters is 2. The molecule has 10 heteroatoms. The van der Waals surface area contributed by atoms with Crippen molar-refractivity contribution in [2.24, 2.45) is 0 Å². The molecular formula is C47H83NO8P+. The molecular weight excluding hydrogens is 737 g/mol. The monoisotopic (exact) mass is 821 g/mol. The van der Waals surface area contributed by atoms with Crippen molar-refractivity contribution in [3.8, 4) is 0 Å². The zero-order chi connectivity index (χ0) is 42.1. The first-order valence-corrected chi connectivity index (χ1v) is 23.7. The van der Waals surface area contributed by atoms with Gasteiger partial charge in [-0.3, -0.25) is 18.6 Å². The molecule has 0 heterocycles. The standard InChI is InChI=1S/C47H82NO8P/c1-6-8-10-12-14-16-18-19-20-21-22-23-24-25-26-27-28-29-30-32-34-36-38-40-47(50)56-45(44-55-57(51,52)54-42-41-48(3,4)5)43-53-46(49)39-37-35-33-31-17-15-13-11-9-7-2/h8,10-11,13-14,16,19-20,22-23,25-26,45H,6-7,9,12,15,17-18,21,24,27-44H2,1-5H3/p+1/b10-8-,13-11-,16-14-,20-19-,23-22-,26-25-. The van der Waals surface area contributed by atoms with Crippen LogP contribution >= 0.6 is 7.82 Å². The molecule has 0 aliphatic heterocycles. The van der Waals surface area contributed by atoms with Gasteiger partial charge in [-0.1, -0.05) is 145 Å². The van der Waals surface area contributed by atoms with Crippen LogP contribution in [-0.2, 0) is 32.7 Å². The molecule has 0 saturated carbocycles. The summed E-state index contributed by atoms with van der Waals surface area (Å²) in [6.07, 6.45) is 48.1. The van der Waals surface area contributed by atoms with Crippen molar-refractivity contribution in [3.05, 3.63) is 72.9 Å². The second-order valence-corrected chi connectivity index (χ2v) is 17.1. The van der Waals surface area contributed by atoms with Crippen LogP contribution in [0, 0.1) is 0 Å². The van der Waals surface area contributed by atoms with Gasteiger partial charge in [0, 0.05) is 12.8 Å². The minimum absolute atomic E-state index is 0.0244. The zero-order valence-electron chi connectivity index (χ0n) is 36.8. The number of hydrogen-bond acceptors (Lipinski definition) is 7. The van der Waals surface area contributed by atoms with E-state index >= 15 is 0 Å². The van der Waals surface area contributed by atoms with Crippen LogP contribution < -0.4 is 0 Å². The van der Waals surface area contributed by atoms with Crippen molar-refractivity contribution < 1.29 is 42.1 Å². The minimum atomic E-state index is -4.38. The number of phosphoric ester groups is 1. The maximum Gasteiger partial charge on any atom is 0.472 e. The van der Waals surface area contributed by atoms with Gasteiger partial charge in [0.2, 0.25) is 0 Å². The van der Waals surface area contributed by atoms with Crippen LogP contribution in [0.1, 0.15) is 162 Å². The third kappa shape index (κ3) is 42.9. The molecule has 0 spiro atoms. The zero-order valence-corrected chi connectivity index (χ0v) is 37.7. The Morgan fingerprint density at radius 3 is 1.51 bits per heavy atom. The molecule has 0 aromatic rings. The number of phosphoric acid groups is 1. The number of nitrogens with zero attached hydrogens (tertiary/aromatic N) is 1. The summed E-state index contributed by atoms with van der Waals surface area (Å²) < 4.78 is 34.2. The predicted molar refractivity (Wildman–Crippen MR) is 238 cm³/mol. The number of allylic oxidation sites excluding steroid dienone is 12. The molecule has 0 radical (unpaired) electrons. The molecule has 0 aromatic carbocycles. The van der Waals surface area contributed by atoms with E-state index in [0.717, 1.165) is 103 Å². The number of likely N-dealkylation sites (N-methyl/N-ethyl adjacent to an activating group) is 1. The van der Waals surface area contributed by atoms with E-state index in [-0.39, 0.29) is 32.0 Å². The maximum absolute atomic E-state index is 12.7. The van der Waals surface area contributed by atoms with E-state index in [1.165, 1.54) is 25.7 Å². The van der Waals surface area contributed by atoms with E-state index in [2.05, 4.69) is 86.8 Å². The number of quaternary nitrogens is 1. The first-order valence-electron chi connectivity index (χ1n) is 22.2. The Labute approximate surface area is 348 Å². The number of carbonyl (C=O) groups is 2. The highest BCUT2D eigenvalue weighted by atomic mass is 31.2. The smallest absolute Gasteiger partial charge is 0.462 e. The highest BCUT2D eigenvalue weighted by molar-refractivity contribution is 7.47. The van der Waals surface area contributed by atoms with Crippen molar-refractivity contribution in [2.75, 3.05) is 47.5 Å². The number of hydrogen-bond donors (Lipinski definition) is 1. The van der Waals surface area contributed by atoms with E-state index < -0.39 is 26.5 Å². The van der Waals surface area contributed by atoms with Crippen LogP contribution in [0.15, 0.2) is 72.9 Å². The van der Waals surface area contributed by atoms with Gasteiger partial charge in [-0.25, -0.2) is 4.57 Å². The molecule has 0 bridgehead atoms. The van der Waals surface area contributed by atoms with Gasteiger partial charge in [-0.05, 0) is 77.0 Å². The highest BCUT2D eigenvalue weighted by Crippen LogP contribution is 2.43. The van der Waals surface area contributed by atoms with Crippen molar-refractivity contribution in [1.82, 2.24) is 0 Å². The van der Waals surface area contributed by atoms with Gasteiger partial charge in [0.15, 0.2) is 6.10 Å². The first kappa shape index (κ1) is 54.5. The lowest BCUT2D eigenvalue weighted by Crippen LogP contribution is -2.37. The molecule has 0 amide bonds. The van der Waals surface area contributed by atoms with Crippen LogP contribution in [0.25, 0.3) is 0 Å². The molecule has 328 valence electrons. The van der Waals surface area contributed by atoms with Crippen LogP contribution in [0.4, 0.5) is 0 Å². The van der Waals surface area contributed by atoms with E-state index in [1.807, 2.05) is 21.1 Å². The van der Waals surface area contributed by atoms with Gasteiger partial charge < -0.3 is 18.9 Å². The fourth-order valence-electron chi connectivity index (χ4n) is 5.51. The summed E-state index contributed by atoms with van der Waals surface area (Å²) in [6.45, 7) is 4.20. The number of rotatable bonds is 39. The molecule has 0 rings (SSSR count). The summed E-state index contributed by atoms with van der Waals surface area (Å²) in [5.74, 6) is -0.831. The summed E-state index contributed by atoms with van der Waals surface area (Å²) in [7, 11) is 1.45. The molecule has 0 fully saturated rings. The molecule has 2 unspecified atom stereocenters. The Kier molecular flexibility index (Phi) is 37.2. The largest absolute Gasteiger partial charge is 0.472 e. The average Bonchev–Trinajstić information content (AvgIpc) is 3.16. The highest BCUT2D eigenvalue weighted by Gasteiger charge is 2.27. The quantitative estimate of drug-likeness (QED) is 0.0215. The first-order chi connectivity index (χ1) is 27.5. The second kappa shape index (κ2) is 38.9. The lowest BCUT2D eigenvalue weighted by atomic mass is 10.1. The average molecular weight is 821 g/mol. The van der Waals surface area contributed by atoms with Gasteiger partial charge in [-0.2, -0.15) is 0 Å². The van der Waals surface area contributed by atoms with Crippen LogP contribution in [-0.4, -0.2) is 74.9 Å². The van der Waals surface area contributed by atoms with Crippen molar-refractivity contribution in [2.45, 2.75) is 168 Å². The van der Waals surface area contributed by atoms with E-state index in [0.29, 0.717) is 17.4 Å². The summed E-state index contributed by atoms with van der Waals surface area (Å²) >= 11 is 0. The molecule has 0 aliphatic rings. The molecule has 57 heavy (non-hydrogen) atoms. The molecule has 0 aliphatic carbocycles. The summed E-state index contributed by atoms with van der Waals surface area (Å²) in [4.78, 5) is 35.3. The van der Waals surface area contributed by atoms with Crippen molar-refractivity contribution in [1.29, 1.82) is 0 Å². The lowest BCUT2D eigenvalue weighted by Gasteiger charge is -2.24. The van der Waals surface area contributed by atoms with E-state index in [1.54, 1.807) is 0 Å². The lowest BCUT2D eigenvalue weighted by molar-refractivity contribution is -0.870. The second-order valence-electron chi connectivity index (χ2n) is 15.7. The minimum Gasteiger partial charge on any atom is -0.462 e. The molecule has 0 saturated heterocycles. The molecule has 9 nitrogen and oxygen atoms in total. The third-order valence-electron chi connectivity index (χ3n) is 8.95. The fourth-order valence-corrected chi connectivity index (χ4v) is 6.25. The van der Waals surface area contributed by atoms with Gasteiger partial charge in [0.1, 0.15) is 19.8 Å². The normalized spacial score (nSPS) is 14.3. The van der Waals surface area contributed by atoms with Gasteiger partial charge >= 0.3 is 19.8 Å². The van der Waals surface area contributed by atoms with Crippen molar-refractivity contribution in [3.63, 3.8) is 0 Å². The summed E-state index contributed by atoms with van der Waals surface area (Å²) in [5, 5.41) is 0. The Morgan fingerprint density at radius 2 is 1.00 bits per heavy atom. The van der Waals surface area contributed by atoms with Crippen molar-refractivity contribution >= 4 is 19.8 Å². The molecule has 0 aromatic heterocycles. The van der Waals surface area contributed by atoms with E-state index in [4.69, 9.17) is 18.5 Å². The van der Waals surface area contributed by atoms with Gasteiger partial charge in [0.05, 0.1) is 27.7 Å². The van der Waals surface area contributed by atoms with Crippen LogP contribution in [0.5, 0.6) is 0 Å². The SMILES string of the molecule is CC/C=C\C/C=C\C/C=C\C/C=C\C/C=C\CCCCCCCCCC(=O)OC(COC(=O)CCCCCCC/C=C\CCC)COP(=O)(O)OCC[N+](C)(C)C. The predicted octanol–water partition coefficient (Wildman–Crippen LogP) is 12.6.